The minimum Gasteiger partial charge on any atom is -0.378 e. The van der Waals surface area contributed by atoms with Crippen LogP contribution in [0.2, 0.25) is 0 Å². The number of rotatable bonds is 6. The summed E-state index contributed by atoms with van der Waals surface area (Å²) in [7, 11) is 0. The van der Waals surface area contributed by atoms with Gasteiger partial charge in [-0.15, -0.1) is 0 Å². The van der Waals surface area contributed by atoms with Crippen LogP contribution < -0.4 is 5.32 Å². The fraction of sp³-hybridized carbons (Fsp3) is 0.412. The van der Waals surface area contributed by atoms with Crippen molar-refractivity contribution >= 4 is 11.6 Å². The molecule has 1 aromatic carbocycles. The number of alkyl halides is 2. The lowest BCUT2D eigenvalue weighted by molar-refractivity contribution is -0.116. The number of anilines is 1. The Hall–Kier alpha value is -2.28. The molecule has 1 aliphatic heterocycles. The van der Waals surface area contributed by atoms with Crippen LogP contribution in [0.4, 0.5) is 14.5 Å². The van der Waals surface area contributed by atoms with E-state index in [2.05, 4.69) is 10.4 Å². The van der Waals surface area contributed by atoms with E-state index in [1.54, 1.807) is 30.3 Å². The number of ether oxygens (including phenoxy) is 1. The zero-order chi connectivity index (χ0) is 16.9. The number of nitrogens with one attached hydrogen (secondary N) is 1. The molecule has 1 aliphatic rings. The highest BCUT2D eigenvalue weighted by atomic mass is 19.3. The Bertz CT molecular complexity index is 682. The molecule has 2 heterocycles. The summed E-state index contributed by atoms with van der Waals surface area (Å²) in [5.74, 6) is -0.306. The topological polar surface area (TPSA) is 56.1 Å². The van der Waals surface area contributed by atoms with Crippen molar-refractivity contribution in [3.05, 3.63) is 42.2 Å². The summed E-state index contributed by atoms with van der Waals surface area (Å²) < 4.78 is 33.5. The van der Waals surface area contributed by atoms with E-state index in [1.165, 1.54) is 6.20 Å². The van der Waals surface area contributed by atoms with E-state index in [9.17, 15) is 13.6 Å². The van der Waals surface area contributed by atoms with Gasteiger partial charge in [0, 0.05) is 13.0 Å². The highest BCUT2D eigenvalue weighted by Gasteiger charge is 2.23. The maximum atomic E-state index is 13.5. The SMILES string of the molecule is O=C(CCC1CCCO1)Nc1cnn(-c2ccccc2)c1C(F)F. The summed E-state index contributed by atoms with van der Waals surface area (Å²) >= 11 is 0. The van der Waals surface area contributed by atoms with Gasteiger partial charge in [0.05, 0.1) is 23.7 Å². The molecule has 0 saturated carbocycles. The number of benzene rings is 1. The highest BCUT2D eigenvalue weighted by molar-refractivity contribution is 5.91. The van der Waals surface area contributed by atoms with Gasteiger partial charge < -0.3 is 10.1 Å². The maximum Gasteiger partial charge on any atom is 0.282 e. The van der Waals surface area contributed by atoms with Crippen LogP contribution in [-0.4, -0.2) is 28.4 Å². The molecule has 1 fully saturated rings. The van der Waals surface area contributed by atoms with Gasteiger partial charge in [-0.3, -0.25) is 4.79 Å². The summed E-state index contributed by atoms with van der Waals surface area (Å²) in [6.45, 7) is 0.728. The average Bonchev–Trinajstić information content (AvgIpc) is 3.23. The molecule has 24 heavy (non-hydrogen) atoms. The number of nitrogens with zero attached hydrogens (tertiary/aromatic N) is 2. The second kappa shape index (κ2) is 7.53. The first-order chi connectivity index (χ1) is 11.6. The Morgan fingerprint density at radius 2 is 2.17 bits per heavy atom. The van der Waals surface area contributed by atoms with Crippen molar-refractivity contribution in [3.8, 4) is 5.69 Å². The first-order valence-corrected chi connectivity index (χ1v) is 7.98. The third kappa shape index (κ3) is 3.79. The van der Waals surface area contributed by atoms with E-state index in [0.29, 0.717) is 12.1 Å². The molecule has 3 rings (SSSR count). The zero-order valence-corrected chi connectivity index (χ0v) is 13.1. The molecular weight excluding hydrogens is 316 g/mol. The molecule has 1 aromatic heterocycles. The Morgan fingerprint density at radius 1 is 1.38 bits per heavy atom. The van der Waals surface area contributed by atoms with E-state index in [1.807, 2.05) is 0 Å². The summed E-state index contributed by atoms with van der Waals surface area (Å²) in [4.78, 5) is 12.0. The van der Waals surface area contributed by atoms with Crippen molar-refractivity contribution in [2.45, 2.75) is 38.2 Å². The molecule has 1 atom stereocenters. The van der Waals surface area contributed by atoms with Crippen LogP contribution in [0.1, 0.15) is 37.8 Å². The summed E-state index contributed by atoms with van der Waals surface area (Å²) in [5, 5.41) is 6.54. The lowest BCUT2D eigenvalue weighted by Crippen LogP contribution is -2.16. The normalized spacial score (nSPS) is 17.4. The Labute approximate surface area is 138 Å². The van der Waals surface area contributed by atoms with Gasteiger partial charge in [0.25, 0.3) is 6.43 Å². The molecule has 1 unspecified atom stereocenters. The quantitative estimate of drug-likeness (QED) is 0.875. The predicted octanol–water partition coefficient (Wildman–Crippen LogP) is 3.71. The lowest BCUT2D eigenvalue weighted by atomic mass is 10.1. The molecule has 0 spiro atoms. The van der Waals surface area contributed by atoms with Crippen molar-refractivity contribution in [2.24, 2.45) is 0 Å². The molecule has 0 aliphatic carbocycles. The number of para-hydroxylation sites is 1. The fourth-order valence-electron chi connectivity index (χ4n) is 2.82. The highest BCUT2D eigenvalue weighted by Crippen LogP contribution is 2.29. The zero-order valence-electron chi connectivity index (χ0n) is 13.1. The van der Waals surface area contributed by atoms with Gasteiger partial charge >= 0.3 is 0 Å². The molecule has 1 saturated heterocycles. The van der Waals surface area contributed by atoms with Gasteiger partial charge in [0.1, 0.15) is 5.69 Å². The third-order valence-corrected chi connectivity index (χ3v) is 4.01. The number of hydrogen-bond acceptors (Lipinski definition) is 3. The van der Waals surface area contributed by atoms with E-state index in [4.69, 9.17) is 4.74 Å². The van der Waals surface area contributed by atoms with E-state index >= 15 is 0 Å². The fourth-order valence-corrected chi connectivity index (χ4v) is 2.82. The Kier molecular flexibility index (Phi) is 5.20. The largest absolute Gasteiger partial charge is 0.378 e. The van der Waals surface area contributed by atoms with Gasteiger partial charge in [-0.05, 0) is 31.4 Å². The molecular formula is C17H19F2N3O2. The summed E-state index contributed by atoms with van der Waals surface area (Å²) in [5.41, 5.74) is 0.255. The number of amides is 1. The molecule has 0 bridgehead atoms. The predicted molar refractivity (Wildman–Crippen MR) is 85.4 cm³/mol. The molecule has 2 aromatic rings. The first kappa shape index (κ1) is 16.6. The number of aromatic nitrogens is 2. The molecule has 5 nitrogen and oxygen atoms in total. The van der Waals surface area contributed by atoms with Crippen LogP contribution in [0.3, 0.4) is 0 Å². The van der Waals surface area contributed by atoms with Gasteiger partial charge in [-0.25, -0.2) is 13.5 Å². The monoisotopic (exact) mass is 335 g/mol. The Balaban J connectivity index is 1.71. The molecule has 1 amide bonds. The van der Waals surface area contributed by atoms with Gasteiger partial charge in [0.2, 0.25) is 5.91 Å². The Morgan fingerprint density at radius 3 is 2.83 bits per heavy atom. The second-order valence-corrected chi connectivity index (χ2v) is 5.71. The van der Waals surface area contributed by atoms with Crippen LogP contribution in [0.5, 0.6) is 0 Å². The average molecular weight is 335 g/mol. The summed E-state index contributed by atoms with van der Waals surface area (Å²) in [6, 6.07) is 8.64. The summed E-state index contributed by atoms with van der Waals surface area (Å²) in [6.07, 6.45) is 1.40. The third-order valence-electron chi connectivity index (χ3n) is 4.01. The number of hydrogen-bond donors (Lipinski definition) is 1. The molecule has 7 heteroatoms. The van der Waals surface area contributed by atoms with Crippen LogP contribution in [-0.2, 0) is 9.53 Å². The minimum atomic E-state index is -2.75. The van der Waals surface area contributed by atoms with Crippen LogP contribution in [0, 0.1) is 0 Å². The van der Waals surface area contributed by atoms with E-state index in [0.717, 1.165) is 24.1 Å². The van der Waals surface area contributed by atoms with Crippen molar-refractivity contribution in [1.29, 1.82) is 0 Å². The van der Waals surface area contributed by atoms with E-state index < -0.39 is 6.43 Å². The smallest absolute Gasteiger partial charge is 0.282 e. The van der Waals surface area contributed by atoms with Gasteiger partial charge in [0.15, 0.2) is 0 Å². The van der Waals surface area contributed by atoms with Crippen molar-refractivity contribution in [3.63, 3.8) is 0 Å². The van der Waals surface area contributed by atoms with Gasteiger partial charge in [-0.2, -0.15) is 5.10 Å². The number of carbonyl (C=O) groups excluding carboxylic acids is 1. The number of halogens is 2. The molecule has 128 valence electrons. The minimum absolute atomic E-state index is 0.0474. The standard InChI is InChI=1S/C17H19F2N3O2/c18-17(19)16-14(11-20-22(16)12-5-2-1-3-6-12)21-15(23)9-8-13-7-4-10-24-13/h1-3,5-6,11,13,17H,4,7-10H2,(H,21,23). The number of carbonyl (C=O) groups is 1. The van der Waals surface area contributed by atoms with Crippen molar-refractivity contribution in [1.82, 2.24) is 9.78 Å². The first-order valence-electron chi connectivity index (χ1n) is 7.98. The molecule has 0 radical (unpaired) electrons. The van der Waals surface area contributed by atoms with Gasteiger partial charge in [-0.1, -0.05) is 18.2 Å². The lowest BCUT2D eigenvalue weighted by Gasteiger charge is -2.11. The van der Waals surface area contributed by atoms with Crippen LogP contribution in [0.25, 0.3) is 5.69 Å². The second-order valence-electron chi connectivity index (χ2n) is 5.71. The van der Waals surface area contributed by atoms with Crippen molar-refractivity contribution < 1.29 is 18.3 Å². The van der Waals surface area contributed by atoms with Crippen LogP contribution >= 0.6 is 0 Å². The van der Waals surface area contributed by atoms with Crippen LogP contribution in [0.15, 0.2) is 36.5 Å². The molecule has 1 N–H and O–H groups in total. The van der Waals surface area contributed by atoms with Crippen molar-refractivity contribution in [2.75, 3.05) is 11.9 Å². The maximum absolute atomic E-state index is 13.5. The van der Waals surface area contributed by atoms with E-state index in [-0.39, 0.29) is 29.8 Å².